The first-order valence-electron chi connectivity index (χ1n) is 8.10. The lowest BCUT2D eigenvalue weighted by atomic mass is 9.90. The number of ether oxygens (including phenoxy) is 1. The maximum Gasteiger partial charge on any atom is 0.135 e. The number of hydrogen-bond acceptors (Lipinski definition) is 3. The van der Waals surface area contributed by atoms with Crippen molar-refractivity contribution in [2.24, 2.45) is 11.8 Å². The second kappa shape index (κ2) is 7.54. The van der Waals surface area contributed by atoms with Crippen LogP contribution in [0.25, 0.3) is 0 Å². The lowest BCUT2D eigenvalue weighted by Gasteiger charge is -2.30. The Kier molecular flexibility index (Phi) is 5.93. The van der Waals surface area contributed by atoms with Crippen molar-refractivity contribution in [3.05, 3.63) is 41.8 Å². The van der Waals surface area contributed by atoms with Crippen molar-refractivity contribution in [1.29, 1.82) is 0 Å². The van der Waals surface area contributed by atoms with Crippen LogP contribution >= 0.6 is 0 Å². The molecule has 0 amide bonds. The Labute approximate surface area is 141 Å². The van der Waals surface area contributed by atoms with Crippen molar-refractivity contribution in [2.45, 2.75) is 57.1 Å². The Balaban J connectivity index is 2.03. The smallest absolute Gasteiger partial charge is 0.135 e. The molecule has 0 N–H and O–H groups in total. The first-order valence-corrected chi connectivity index (χ1v) is 9.31. The summed E-state index contributed by atoms with van der Waals surface area (Å²) in [5, 5.41) is 1.73. The van der Waals surface area contributed by atoms with Crippen LogP contribution in [0.1, 0.15) is 40.5 Å². The number of hydrogen-bond donors (Lipinski definition) is 0. The molecule has 0 radical (unpaired) electrons. The molecule has 1 aromatic rings. The van der Waals surface area contributed by atoms with Gasteiger partial charge in [0.05, 0.1) is 22.5 Å². The molecule has 0 aliphatic heterocycles. The van der Waals surface area contributed by atoms with Crippen LogP contribution in [0.2, 0.25) is 0 Å². The fourth-order valence-corrected chi connectivity index (χ4v) is 3.91. The molecular weight excluding hydrogens is 308 g/mol. The highest BCUT2D eigenvalue weighted by Crippen LogP contribution is 2.35. The summed E-state index contributed by atoms with van der Waals surface area (Å²) in [4.78, 5) is 12.6. The normalized spacial score (nSPS) is 25.0. The van der Waals surface area contributed by atoms with Gasteiger partial charge in [0.25, 0.3) is 0 Å². The highest BCUT2D eigenvalue weighted by atomic mass is 32.2. The van der Waals surface area contributed by atoms with Crippen LogP contribution in [-0.4, -0.2) is 21.7 Å². The van der Waals surface area contributed by atoms with Gasteiger partial charge in [0.2, 0.25) is 0 Å². The zero-order valence-electron chi connectivity index (χ0n) is 14.3. The van der Waals surface area contributed by atoms with Crippen molar-refractivity contribution in [2.75, 3.05) is 0 Å². The van der Waals surface area contributed by atoms with Crippen LogP contribution in [0.4, 0.5) is 0 Å². The lowest BCUT2D eigenvalue weighted by molar-refractivity contribution is -0.119. The van der Waals surface area contributed by atoms with Crippen molar-refractivity contribution >= 4 is 16.6 Å². The minimum absolute atomic E-state index is 0.0488. The highest BCUT2D eigenvalue weighted by molar-refractivity contribution is 7.88. The summed E-state index contributed by atoms with van der Waals surface area (Å²) in [6.45, 7) is 8.11. The molecule has 0 heterocycles. The van der Waals surface area contributed by atoms with Crippen LogP contribution in [0.5, 0.6) is 0 Å². The predicted molar refractivity (Wildman–Crippen MR) is 93.5 cm³/mol. The van der Waals surface area contributed by atoms with E-state index in [1.165, 1.54) is 0 Å². The second-order valence-electron chi connectivity index (χ2n) is 7.18. The topological polar surface area (TPSA) is 43.4 Å². The molecule has 0 aromatic heterocycles. The van der Waals surface area contributed by atoms with Crippen molar-refractivity contribution in [3.63, 3.8) is 0 Å². The van der Waals surface area contributed by atoms with E-state index in [-0.39, 0.29) is 29.3 Å². The molecule has 0 bridgehead atoms. The van der Waals surface area contributed by atoms with Gasteiger partial charge in [-0.05, 0) is 44.7 Å². The molecule has 1 aliphatic rings. The molecule has 1 fully saturated rings. The number of rotatable bonds is 5. The van der Waals surface area contributed by atoms with E-state index in [2.05, 4.69) is 6.92 Å². The van der Waals surface area contributed by atoms with Gasteiger partial charge >= 0.3 is 0 Å². The fraction of sp³-hybridized carbons (Fsp3) is 0.526. The van der Waals surface area contributed by atoms with E-state index in [0.717, 1.165) is 4.90 Å². The molecule has 3 nitrogen and oxygen atoms in total. The predicted octanol–water partition coefficient (Wildman–Crippen LogP) is 4.11. The number of carbonyl (C=O) groups is 1. The zero-order chi connectivity index (χ0) is 17.0. The molecule has 126 valence electrons. The molecule has 1 aromatic carbocycles. The van der Waals surface area contributed by atoms with Gasteiger partial charge in [-0.15, -0.1) is 0 Å². The summed E-state index contributed by atoms with van der Waals surface area (Å²) < 4.78 is 18.3. The zero-order valence-corrected chi connectivity index (χ0v) is 15.1. The lowest BCUT2D eigenvalue weighted by Crippen LogP contribution is -2.32. The van der Waals surface area contributed by atoms with Gasteiger partial charge in [-0.3, -0.25) is 4.79 Å². The maximum atomic E-state index is 12.3. The van der Waals surface area contributed by atoms with Crippen LogP contribution in [0, 0.1) is 11.8 Å². The SMILES string of the molecule is C[C@@H](/C=C/S(=O)c1ccccc1)[C@@H]1CC(=O)C[C@H]1OC(C)(C)C. The monoisotopic (exact) mass is 334 g/mol. The van der Waals surface area contributed by atoms with Gasteiger partial charge in [-0.25, -0.2) is 4.21 Å². The summed E-state index contributed by atoms with van der Waals surface area (Å²) in [6, 6.07) is 9.39. The largest absolute Gasteiger partial charge is 0.372 e. The third-order valence-electron chi connectivity index (χ3n) is 4.03. The first-order chi connectivity index (χ1) is 10.8. The number of allylic oxidation sites excluding steroid dienone is 1. The summed E-state index contributed by atoms with van der Waals surface area (Å²) in [7, 11) is -1.15. The summed E-state index contributed by atoms with van der Waals surface area (Å²) in [5.41, 5.74) is -0.260. The summed E-state index contributed by atoms with van der Waals surface area (Å²) >= 11 is 0. The van der Waals surface area contributed by atoms with Gasteiger partial charge < -0.3 is 4.74 Å². The Morgan fingerprint density at radius 3 is 2.48 bits per heavy atom. The first kappa shape index (κ1) is 18.1. The maximum absolute atomic E-state index is 12.3. The van der Waals surface area contributed by atoms with Crippen LogP contribution in [0.15, 0.2) is 46.7 Å². The number of benzene rings is 1. The number of Topliss-reactive ketones (excluding diaryl/α,β-unsaturated/α-hetero) is 1. The average molecular weight is 334 g/mol. The molecule has 1 saturated carbocycles. The van der Waals surface area contributed by atoms with Crippen molar-refractivity contribution in [3.8, 4) is 0 Å². The Bertz CT molecular complexity index is 586. The van der Waals surface area contributed by atoms with Gasteiger partial charge in [0.1, 0.15) is 5.78 Å². The minimum atomic E-state index is -1.15. The molecule has 1 unspecified atom stereocenters. The molecule has 1 aliphatic carbocycles. The molecule has 4 atom stereocenters. The van der Waals surface area contributed by atoms with Crippen LogP contribution in [-0.2, 0) is 20.3 Å². The Hall–Kier alpha value is -1.26. The van der Waals surface area contributed by atoms with Gasteiger partial charge in [-0.1, -0.05) is 31.2 Å². The molecular formula is C19H26O3S. The second-order valence-corrected chi connectivity index (χ2v) is 8.52. The Morgan fingerprint density at radius 2 is 1.87 bits per heavy atom. The van der Waals surface area contributed by atoms with Crippen molar-refractivity contribution < 1.29 is 13.7 Å². The third kappa shape index (κ3) is 5.40. The fourth-order valence-electron chi connectivity index (χ4n) is 2.93. The quantitative estimate of drug-likeness (QED) is 0.814. The third-order valence-corrected chi connectivity index (χ3v) is 5.17. The van der Waals surface area contributed by atoms with E-state index in [1.807, 2.05) is 57.2 Å². The standard InChI is InChI=1S/C19H26O3S/c1-14(10-11-23(21)16-8-6-5-7-9-16)17-12-15(20)13-18(17)22-19(2,3)4/h5-11,14,17-18H,12-13H2,1-4H3/b11-10+/t14-,17-,18+,23?/m0/s1. The molecule has 0 saturated heterocycles. The van der Waals surface area contributed by atoms with E-state index >= 15 is 0 Å². The Morgan fingerprint density at radius 1 is 1.22 bits per heavy atom. The highest BCUT2D eigenvalue weighted by Gasteiger charge is 2.38. The average Bonchev–Trinajstić information content (AvgIpc) is 2.84. The molecule has 4 heteroatoms. The van der Waals surface area contributed by atoms with Gasteiger partial charge in [0, 0.05) is 23.1 Å². The molecule has 23 heavy (non-hydrogen) atoms. The van der Waals surface area contributed by atoms with E-state index in [1.54, 1.807) is 5.41 Å². The molecule has 0 spiro atoms. The van der Waals surface area contributed by atoms with Gasteiger partial charge in [0.15, 0.2) is 0 Å². The minimum Gasteiger partial charge on any atom is -0.372 e. The van der Waals surface area contributed by atoms with Crippen LogP contribution < -0.4 is 0 Å². The number of carbonyl (C=O) groups excluding carboxylic acids is 1. The number of ketones is 1. The van der Waals surface area contributed by atoms with E-state index in [0.29, 0.717) is 12.8 Å². The van der Waals surface area contributed by atoms with Gasteiger partial charge in [-0.2, -0.15) is 0 Å². The van der Waals surface area contributed by atoms with E-state index < -0.39 is 10.8 Å². The van der Waals surface area contributed by atoms with Crippen LogP contribution in [0.3, 0.4) is 0 Å². The summed E-state index contributed by atoms with van der Waals surface area (Å²) in [6.07, 6.45) is 2.95. The molecule has 2 rings (SSSR count). The summed E-state index contributed by atoms with van der Waals surface area (Å²) in [5.74, 6) is 0.570. The van der Waals surface area contributed by atoms with Crippen molar-refractivity contribution in [1.82, 2.24) is 0 Å². The van der Waals surface area contributed by atoms with E-state index in [4.69, 9.17) is 4.74 Å². The van der Waals surface area contributed by atoms with E-state index in [9.17, 15) is 9.00 Å².